The zero-order valence-corrected chi connectivity index (χ0v) is 16.4. The van der Waals surface area contributed by atoms with E-state index in [0.29, 0.717) is 22.6 Å². The summed E-state index contributed by atoms with van der Waals surface area (Å²) in [4.78, 5) is 23.6. The monoisotopic (exact) mass is 409 g/mol. The standard InChI is InChI=1S/C21H19N3O4S/c1-15(25)22-19-9-5-6-16(14-19)21(26)23-17-10-12-20(13-11-17)29(27,28)24-18-7-3-2-4-8-18/h2-14,24H,1H3,(H,22,25)(H,23,26). The van der Waals surface area contributed by atoms with E-state index in [0.717, 1.165) is 0 Å². The smallest absolute Gasteiger partial charge is 0.261 e. The van der Waals surface area contributed by atoms with Gasteiger partial charge in [0.2, 0.25) is 5.91 Å². The van der Waals surface area contributed by atoms with Crippen LogP contribution in [0.25, 0.3) is 0 Å². The minimum atomic E-state index is -3.73. The molecule has 8 heteroatoms. The molecule has 3 aromatic carbocycles. The maximum atomic E-state index is 12.4. The number of amides is 2. The first-order valence-corrected chi connectivity index (χ1v) is 10.2. The maximum absolute atomic E-state index is 12.4. The molecule has 3 rings (SSSR count). The molecule has 0 spiro atoms. The molecule has 3 aromatic rings. The highest BCUT2D eigenvalue weighted by Crippen LogP contribution is 2.19. The predicted octanol–water partition coefficient (Wildman–Crippen LogP) is 3.70. The van der Waals surface area contributed by atoms with E-state index in [9.17, 15) is 18.0 Å². The highest BCUT2D eigenvalue weighted by Gasteiger charge is 2.14. The van der Waals surface area contributed by atoms with Crippen molar-refractivity contribution in [3.8, 4) is 0 Å². The van der Waals surface area contributed by atoms with Gasteiger partial charge in [0.15, 0.2) is 0 Å². The van der Waals surface area contributed by atoms with Crippen LogP contribution in [-0.2, 0) is 14.8 Å². The summed E-state index contributed by atoms with van der Waals surface area (Å²) in [5, 5.41) is 5.32. The van der Waals surface area contributed by atoms with Gasteiger partial charge in [-0.15, -0.1) is 0 Å². The molecule has 0 aromatic heterocycles. The fraction of sp³-hybridized carbons (Fsp3) is 0.0476. The first-order valence-electron chi connectivity index (χ1n) is 8.70. The van der Waals surface area contributed by atoms with Gasteiger partial charge in [-0.25, -0.2) is 8.42 Å². The molecule has 7 nitrogen and oxygen atoms in total. The molecule has 2 amide bonds. The molecule has 148 valence electrons. The molecule has 3 N–H and O–H groups in total. The molecule has 0 heterocycles. The van der Waals surface area contributed by atoms with Gasteiger partial charge in [-0.05, 0) is 54.6 Å². The van der Waals surface area contributed by atoms with Crippen LogP contribution in [0.5, 0.6) is 0 Å². The Bertz CT molecular complexity index is 1130. The number of carbonyl (C=O) groups is 2. The first-order chi connectivity index (χ1) is 13.8. The van der Waals surface area contributed by atoms with Gasteiger partial charge in [-0.1, -0.05) is 24.3 Å². The zero-order valence-electron chi connectivity index (χ0n) is 15.5. The molecule has 0 unspecified atom stereocenters. The normalized spacial score (nSPS) is 10.8. The van der Waals surface area contributed by atoms with E-state index in [2.05, 4.69) is 15.4 Å². The second-order valence-electron chi connectivity index (χ2n) is 6.21. The lowest BCUT2D eigenvalue weighted by Crippen LogP contribution is -2.14. The summed E-state index contributed by atoms with van der Waals surface area (Å²) in [6.45, 7) is 1.38. The average molecular weight is 409 g/mol. The summed E-state index contributed by atoms with van der Waals surface area (Å²) in [7, 11) is -3.73. The number of hydrogen-bond acceptors (Lipinski definition) is 4. The summed E-state index contributed by atoms with van der Waals surface area (Å²) in [6, 6.07) is 20.9. The van der Waals surface area contributed by atoms with Crippen molar-refractivity contribution < 1.29 is 18.0 Å². The average Bonchev–Trinajstić information content (AvgIpc) is 2.68. The molecule has 0 fully saturated rings. The Hall–Kier alpha value is -3.65. The van der Waals surface area contributed by atoms with Crippen molar-refractivity contribution in [1.82, 2.24) is 0 Å². The van der Waals surface area contributed by atoms with E-state index in [1.807, 2.05) is 0 Å². The Morgan fingerprint density at radius 3 is 2.03 bits per heavy atom. The first kappa shape index (κ1) is 20.1. The van der Waals surface area contributed by atoms with Crippen molar-refractivity contribution in [3.05, 3.63) is 84.4 Å². The number of hydrogen-bond donors (Lipinski definition) is 3. The van der Waals surface area contributed by atoms with Crippen molar-refractivity contribution in [2.45, 2.75) is 11.8 Å². The zero-order chi connectivity index (χ0) is 20.9. The topological polar surface area (TPSA) is 104 Å². The van der Waals surface area contributed by atoms with E-state index in [-0.39, 0.29) is 16.7 Å². The Balaban J connectivity index is 1.70. The van der Waals surface area contributed by atoms with Gasteiger partial charge in [-0.3, -0.25) is 14.3 Å². The molecule has 0 aliphatic rings. The number of anilines is 3. The van der Waals surface area contributed by atoms with Gasteiger partial charge in [0.1, 0.15) is 0 Å². The summed E-state index contributed by atoms with van der Waals surface area (Å²) in [5.74, 6) is -0.612. The van der Waals surface area contributed by atoms with Gasteiger partial charge in [0, 0.05) is 29.5 Å². The van der Waals surface area contributed by atoms with Crippen LogP contribution in [-0.4, -0.2) is 20.2 Å². The largest absolute Gasteiger partial charge is 0.326 e. The highest BCUT2D eigenvalue weighted by molar-refractivity contribution is 7.92. The third-order valence-electron chi connectivity index (χ3n) is 3.89. The number of benzene rings is 3. The lowest BCUT2D eigenvalue weighted by molar-refractivity contribution is -0.114. The van der Waals surface area contributed by atoms with Crippen LogP contribution in [0.2, 0.25) is 0 Å². The van der Waals surface area contributed by atoms with E-state index >= 15 is 0 Å². The minimum absolute atomic E-state index is 0.0759. The number of rotatable bonds is 6. The van der Waals surface area contributed by atoms with Crippen molar-refractivity contribution in [1.29, 1.82) is 0 Å². The number of nitrogens with one attached hydrogen (secondary N) is 3. The van der Waals surface area contributed by atoms with Gasteiger partial charge in [-0.2, -0.15) is 0 Å². The molecule has 0 saturated carbocycles. The predicted molar refractivity (Wildman–Crippen MR) is 112 cm³/mol. The molecular weight excluding hydrogens is 390 g/mol. The molecule has 0 radical (unpaired) electrons. The lowest BCUT2D eigenvalue weighted by atomic mass is 10.2. The van der Waals surface area contributed by atoms with Gasteiger partial charge in [0.05, 0.1) is 4.90 Å². The Morgan fingerprint density at radius 1 is 0.724 bits per heavy atom. The number of carbonyl (C=O) groups excluding carboxylic acids is 2. The summed E-state index contributed by atoms with van der Waals surface area (Å²) in [6.07, 6.45) is 0. The highest BCUT2D eigenvalue weighted by atomic mass is 32.2. The van der Waals surface area contributed by atoms with Gasteiger partial charge < -0.3 is 10.6 Å². The molecular formula is C21H19N3O4S. The van der Waals surface area contributed by atoms with Crippen LogP contribution >= 0.6 is 0 Å². The number of para-hydroxylation sites is 1. The molecule has 0 atom stereocenters. The van der Waals surface area contributed by atoms with E-state index in [4.69, 9.17) is 0 Å². The van der Waals surface area contributed by atoms with E-state index < -0.39 is 10.0 Å². The Kier molecular flexibility index (Phi) is 5.94. The maximum Gasteiger partial charge on any atom is 0.261 e. The van der Waals surface area contributed by atoms with Crippen molar-refractivity contribution in [3.63, 3.8) is 0 Å². The SMILES string of the molecule is CC(=O)Nc1cccc(C(=O)Nc2ccc(S(=O)(=O)Nc3ccccc3)cc2)c1. The third kappa shape index (κ3) is 5.43. The van der Waals surface area contributed by atoms with E-state index in [1.165, 1.54) is 31.2 Å². The molecule has 0 saturated heterocycles. The Morgan fingerprint density at radius 2 is 1.38 bits per heavy atom. The second kappa shape index (κ2) is 8.57. The number of sulfonamides is 1. The van der Waals surface area contributed by atoms with Crippen LogP contribution in [0.15, 0.2) is 83.8 Å². The fourth-order valence-corrected chi connectivity index (χ4v) is 3.64. The van der Waals surface area contributed by atoms with Crippen LogP contribution < -0.4 is 15.4 Å². The molecule has 0 aliphatic carbocycles. The van der Waals surface area contributed by atoms with Crippen LogP contribution in [0.4, 0.5) is 17.1 Å². The van der Waals surface area contributed by atoms with Crippen LogP contribution in [0.3, 0.4) is 0 Å². The van der Waals surface area contributed by atoms with Crippen LogP contribution in [0.1, 0.15) is 17.3 Å². The minimum Gasteiger partial charge on any atom is -0.326 e. The van der Waals surface area contributed by atoms with Gasteiger partial charge in [0.25, 0.3) is 15.9 Å². The van der Waals surface area contributed by atoms with Crippen molar-refractivity contribution in [2.24, 2.45) is 0 Å². The van der Waals surface area contributed by atoms with Crippen molar-refractivity contribution >= 4 is 38.9 Å². The fourth-order valence-electron chi connectivity index (χ4n) is 2.58. The lowest BCUT2D eigenvalue weighted by Gasteiger charge is -2.10. The quantitative estimate of drug-likeness (QED) is 0.577. The summed E-state index contributed by atoms with van der Waals surface area (Å²) >= 11 is 0. The summed E-state index contributed by atoms with van der Waals surface area (Å²) in [5.41, 5.74) is 1.78. The van der Waals surface area contributed by atoms with Crippen LogP contribution in [0, 0.1) is 0 Å². The molecule has 0 bridgehead atoms. The Labute approximate surface area is 168 Å². The third-order valence-corrected chi connectivity index (χ3v) is 5.29. The molecule has 0 aliphatic heterocycles. The summed E-state index contributed by atoms with van der Waals surface area (Å²) < 4.78 is 27.4. The molecule has 29 heavy (non-hydrogen) atoms. The van der Waals surface area contributed by atoms with Crippen molar-refractivity contribution in [2.75, 3.05) is 15.4 Å². The van der Waals surface area contributed by atoms with E-state index in [1.54, 1.807) is 54.6 Å². The second-order valence-corrected chi connectivity index (χ2v) is 7.89. The van der Waals surface area contributed by atoms with Gasteiger partial charge >= 0.3 is 0 Å².